The van der Waals surface area contributed by atoms with Gasteiger partial charge in [-0.2, -0.15) is 0 Å². The summed E-state index contributed by atoms with van der Waals surface area (Å²) < 4.78 is 5.92. The van der Waals surface area contributed by atoms with Gasteiger partial charge >= 0.3 is 0 Å². The second kappa shape index (κ2) is 4.23. The van der Waals surface area contributed by atoms with Crippen LogP contribution in [0.3, 0.4) is 0 Å². The SMILES string of the molecule is Cc1cc(C)c2oc(-c3ccc(C)c(C)c3)nc2c1. The van der Waals surface area contributed by atoms with Crippen LogP contribution in [0.5, 0.6) is 0 Å². The molecule has 0 saturated carbocycles. The molecule has 1 aromatic heterocycles. The highest BCUT2D eigenvalue weighted by Crippen LogP contribution is 2.28. The molecule has 0 atom stereocenters. The van der Waals surface area contributed by atoms with Crippen LogP contribution in [-0.2, 0) is 0 Å². The van der Waals surface area contributed by atoms with Gasteiger partial charge in [-0.15, -0.1) is 0 Å². The van der Waals surface area contributed by atoms with Gasteiger partial charge in [0.25, 0.3) is 0 Å². The average molecular weight is 251 g/mol. The fraction of sp³-hybridized carbons (Fsp3) is 0.235. The number of fused-ring (bicyclic) bond motifs is 1. The summed E-state index contributed by atoms with van der Waals surface area (Å²) in [6.07, 6.45) is 0. The van der Waals surface area contributed by atoms with Gasteiger partial charge < -0.3 is 4.42 Å². The maximum Gasteiger partial charge on any atom is 0.227 e. The number of hydrogen-bond donors (Lipinski definition) is 0. The molecule has 2 nitrogen and oxygen atoms in total. The van der Waals surface area contributed by atoms with E-state index in [0.717, 1.165) is 22.2 Å². The number of hydrogen-bond acceptors (Lipinski definition) is 2. The zero-order valence-electron chi connectivity index (χ0n) is 11.7. The second-order valence-electron chi connectivity index (χ2n) is 5.25. The van der Waals surface area contributed by atoms with Crippen LogP contribution in [0.1, 0.15) is 22.3 Å². The van der Waals surface area contributed by atoms with E-state index in [9.17, 15) is 0 Å². The lowest BCUT2D eigenvalue weighted by Crippen LogP contribution is -1.83. The van der Waals surface area contributed by atoms with E-state index in [1.165, 1.54) is 16.7 Å². The van der Waals surface area contributed by atoms with Crippen molar-refractivity contribution >= 4 is 11.1 Å². The van der Waals surface area contributed by atoms with Crippen LogP contribution in [0.15, 0.2) is 34.7 Å². The average Bonchev–Trinajstić information content (AvgIpc) is 2.76. The fourth-order valence-corrected chi connectivity index (χ4v) is 2.37. The maximum absolute atomic E-state index is 5.92. The fourth-order valence-electron chi connectivity index (χ4n) is 2.37. The van der Waals surface area contributed by atoms with E-state index in [-0.39, 0.29) is 0 Å². The molecule has 2 aromatic carbocycles. The Morgan fingerprint density at radius 3 is 2.37 bits per heavy atom. The van der Waals surface area contributed by atoms with Gasteiger partial charge in [-0.3, -0.25) is 0 Å². The lowest BCUT2D eigenvalue weighted by atomic mass is 10.1. The molecule has 0 aliphatic carbocycles. The van der Waals surface area contributed by atoms with E-state index in [4.69, 9.17) is 4.42 Å². The molecule has 0 amide bonds. The van der Waals surface area contributed by atoms with Crippen molar-refractivity contribution in [3.05, 3.63) is 52.6 Å². The summed E-state index contributed by atoms with van der Waals surface area (Å²) in [7, 11) is 0. The van der Waals surface area contributed by atoms with Crippen molar-refractivity contribution in [2.75, 3.05) is 0 Å². The Labute approximate surface area is 113 Å². The van der Waals surface area contributed by atoms with Crippen molar-refractivity contribution in [2.45, 2.75) is 27.7 Å². The first-order chi connectivity index (χ1) is 9.04. The zero-order valence-corrected chi connectivity index (χ0v) is 11.7. The van der Waals surface area contributed by atoms with Gasteiger partial charge in [0.05, 0.1) is 0 Å². The Morgan fingerprint density at radius 2 is 1.63 bits per heavy atom. The van der Waals surface area contributed by atoms with Crippen LogP contribution in [0, 0.1) is 27.7 Å². The van der Waals surface area contributed by atoms with Crippen LogP contribution in [0.4, 0.5) is 0 Å². The molecule has 0 spiro atoms. The second-order valence-corrected chi connectivity index (χ2v) is 5.25. The summed E-state index contributed by atoms with van der Waals surface area (Å²) in [6.45, 7) is 8.36. The topological polar surface area (TPSA) is 26.0 Å². The monoisotopic (exact) mass is 251 g/mol. The summed E-state index contributed by atoms with van der Waals surface area (Å²) >= 11 is 0. The molecule has 0 aliphatic heterocycles. The normalized spacial score (nSPS) is 11.2. The molecule has 3 rings (SSSR count). The standard InChI is InChI=1S/C17H17NO/c1-10-7-13(4)16-15(8-10)18-17(19-16)14-6-5-11(2)12(3)9-14/h5-9H,1-4H3. The molecule has 0 unspecified atom stereocenters. The van der Waals surface area contributed by atoms with Crippen molar-refractivity contribution in [1.82, 2.24) is 4.98 Å². The number of oxazole rings is 1. The molecule has 0 bridgehead atoms. The van der Waals surface area contributed by atoms with E-state index in [0.29, 0.717) is 5.89 Å². The minimum Gasteiger partial charge on any atom is -0.436 e. The van der Waals surface area contributed by atoms with Crippen molar-refractivity contribution in [2.24, 2.45) is 0 Å². The molecule has 0 N–H and O–H groups in total. The Kier molecular flexibility index (Phi) is 2.67. The summed E-state index contributed by atoms with van der Waals surface area (Å²) in [5.41, 5.74) is 7.75. The molecule has 1 heterocycles. The first-order valence-corrected chi connectivity index (χ1v) is 6.50. The van der Waals surface area contributed by atoms with Crippen molar-refractivity contribution in [1.29, 1.82) is 0 Å². The van der Waals surface area contributed by atoms with E-state index < -0.39 is 0 Å². The van der Waals surface area contributed by atoms with Gasteiger partial charge in [-0.05, 0) is 68.1 Å². The first kappa shape index (κ1) is 12.0. The van der Waals surface area contributed by atoms with E-state index in [2.05, 4.69) is 63.0 Å². The van der Waals surface area contributed by atoms with Gasteiger partial charge in [0, 0.05) is 5.56 Å². The van der Waals surface area contributed by atoms with Crippen molar-refractivity contribution in [3.63, 3.8) is 0 Å². The van der Waals surface area contributed by atoms with Crippen LogP contribution in [0.25, 0.3) is 22.6 Å². The van der Waals surface area contributed by atoms with Gasteiger partial charge in [0.15, 0.2) is 5.58 Å². The van der Waals surface area contributed by atoms with Gasteiger partial charge in [0.1, 0.15) is 5.52 Å². The van der Waals surface area contributed by atoms with E-state index in [1.807, 2.05) is 0 Å². The summed E-state index contributed by atoms with van der Waals surface area (Å²) in [4.78, 5) is 4.61. The largest absolute Gasteiger partial charge is 0.436 e. The molecule has 0 saturated heterocycles. The quantitative estimate of drug-likeness (QED) is 0.625. The molecule has 0 fully saturated rings. The Hall–Kier alpha value is -2.09. The minimum absolute atomic E-state index is 0.701. The van der Waals surface area contributed by atoms with Crippen LogP contribution >= 0.6 is 0 Å². The molecule has 19 heavy (non-hydrogen) atoms. The highest BCUT2D eigenvalue weighted by atomic mass is 16.3. The van der Waals surface area contributed by atoms with Crippen molar-refractivity contribution < 1.29 is 4.42 Å². The third-order valence-corrected chi connectivity index (χ3v) is 3.57. The number of rotatable bonds is 1. The van der Waals surface area contributed by atoms with Gasteiger partial charge in [-0.1, -0.05) is 12.1 Å². The smallest absolute Gasteiger partial charge is 0.227 e. The molecule has 2 heteroatoms. The molecule has 3 aromatic rings. The van der Waals surface area contributed by atoms with Crippen molar-refractivity contribution in [3.8, 4) is 11.5 Å². The molecule has 96 valence electrons. The third kappa shape index (κ3) is 2.03. The highest BCUT2D eigenvalue weighted by Gasteiger charge is 2.11. The molecular weight excluding hydrogens is 234 g/mol. The Morgan fingerprint density at radius 1 is 0.842 bits per heavy atom. The Bertz CT molecular complexity index is 768. The van der Waals surface area contributed by atoms with Crippen LogP contribution in [-0.4, -0.2) is 4.98 Å². The van der Waals surface area contributed by atoms with Crippen LogP contribution < -0.4 is 0 Å². The third-order valence-electron chi connectivity index (χ3n) is 3.57. The number of aryl methyl sites for hydroxylation is 4. The van der Waals surface area contributed by atoms with Gasteiger partial charge in [-0.25, -0.2) is 4.98 Å². The number of aromatic nitrogens is 1. The number of nitrogens with zero attached hydrogens (tertiary/aromatic N) is 1. The highest BCUT2D eigenvalue weighted by molar-refractivity contribution is 5.80. The van der Waals surface area contributed by atoms with E-state index in [1.54, 1.807) is 0 Å². The minimum atomic E-state index is 0.701. The summed E-state index contributed by atoms with van der Waals surface area (Å²) in [5, 5.41) is 0. The number of benzene rings is 2. The first-order valence-electron chi connectivity index (χ1n) is 6.50. The van der Waals surface area contributed by atoms with Crippen LogP contribution in [0.2, 0.25) is 0 Å². The predicted molar refractivity (Wildman–Crippen MR) is 78.4 cm³/mol. The zero-order chi connectivity index (χ0) is 13.6. The molecule has 0 radical (unpaired) electrons. The van der Waals surface area contributed by atoms with Gasteiger partial charge in [0.2, 0.25) is 5.89 Å². The molecular formula is C17H17NO. The lowest BCUT2D eigenvalue weighted by molar-refractivity contribution is 0.617. The molecule has 0 aliphatic rings. The lowest BCUT2D eigenvalue weighted by Gasteiger charge is -2.01. The Balaban J connectivity index is 2.20. The van der Waals surface area contributed by atoms with E-state index >= 15 is 0 Å². The maximum atomic E-state index is 5.92. The summed E-state index contributed by atoms with van der Waals surface area (Å²) in [5.74, 6) is 0.701. The predicted octanol–water partition coefficient (Wildman–Crippen LogP) is 4.73. The summed E-state index contributed by atoms with van der Waals surface area (Å²) in [6, 6.07) is 10.5.